The van der Waals surface area contributed by atoms with Crippen molar-refractivity contribution in [2.75, 3.05) is 6.54 Å². The third-order valence-corrected chi connectivity index (χ3v) is 5.17. The van der Waals surface area contributed by atoms with Crippen molar-refractivity contribution in [3.63, 3.8) is 0 Å². The molecule has 0 saturated carbocycles. The molecule has 2 heterocycles. The van der Waals surface area contributed by atoms with Gasteiger partial charge in [-0.25, -0.2) is 9.97 Å². The molecule has 5 nitrogen and oxygen atoms in total. The van der Waals surface area contributed by atoms with E-state index in [0.29, 0.717) is 26.1 Å². The smallest absolute Gasteiger partial charge is 0.224 e. The molecular formula is C19H21ClN4OS. The molecule has 1 amide bonds. The van der Waals surface area contributed by atoms with E-state index in [1.165, 1.54) is 0 Å². The van der Waals surface area contributed by atoms with Gasteiger partial charge in [0, 0.05) is 42.3 Å². The Morgan fingerprint density at radius 1 is 1.31 bits per heavy atom. The van der Waals surface area contributed by atoms with Gasteiger partial charge in [0.05, 0.1) is 23.6 Å². The van der Waals surface area contributed by atoms with Crippen LogP contribution in [0, 0.1) is 6.92 Å². The van der Waals surface area contributed by atoms with Crippen LogP contribution in [0.15, 0.2) is 48.4 Å². The molecule has 0 bridgehead atoms. The van der Waals surface area contributed by atoms with E-state index in [0.717, 1.165) is 27.7 Å². The van der Waals surface area contributed by atoms with E-state index in [9.17, 15) is 4.79 Å². The average Bonchev–Trinajstić information content (AvgIpc) is 3.29. The van der Waals surface area contributed by atoms with Crippen LogP contribution in [-0.2, 0) is 24.3 Å². The summed E-state index contributed by atoms with van der Waals surface area (Å²) in [6.45, 7) is 3.81. The second-order valence-corrected chi connectivity index (χ2v) is 7.60. The lowest BCUT2D eigenvalue weighted by Gasteiger charge is -2.22. The molecule has 0 spiro atoms. The fraction of sp³-hybridized carbons (Fsp3) is 0.316. The minimum absolute atomic E-state index is 0.123. The van der Waals surface area contributed by atoms with Gasteiger partial charge in [-0.05, 0) is 31.0 Å². The Balaban J connectivity index is 1.63. The average molecular weight is 389 g/mol. The molecule has 0 N–H and O–H groups in total. The fourth-order valence-electron chi connectivity index (χ4n) is 2.69. The first-order valence-corrected chi connectivity index (χ1v) is 9.75. The van der Waals surface area contributed by atoms with Crippen LogP contribution in [0.25, 0.3) is 0 Å². The molecular weight excluding hydrogens is 368 g/mol. The van der Waals surface area contributed by atoms with E-state index in [1.54, 1.807) is 23.9 Å². The van der Waals surface area contributed by atoms with Crippen LogP contribution in [0.5, 0.6) is 0 Å². The highest BCUT2D eigenvalue weighted by atomic mass is 35.5. The first-order valence-electron chi connectivity index (χ1n) is 8.49. The number of halogens is 1. The lowest BCUT2D eigenvalue weighted by Crippen LogP contribution is -2.33. The molecule has 136 valence electrons. The maximum absolute atomic E-state index is 12.8. The van der Waals surface area contributed by atoms with E-state index in [2.05, 4.69) is 9.97 Å². The van der Waals surface area contributed by atoms with Crippen molar-refractivity contribution in [2.24, 2.45) is 0 Å². The molecule has 1 aromatic carbocycles. The molecule has 0 saturated heterocycles. The van der Waals surface area contributed by atoms with Crippen molar-refractivity contribution in [1.29, 1.82) is 0 Å². The number of rotatable bonds is 8. The highest BCUT2D eigenvalue weighted by Gasteiger charge is 2.15. The second kappa shape index (κ2) is 8.96. The van der Waals surface area contributed by atoms with Crippen molar-refractivity contribution in [3.05, 3.63) is 69.7 Å². The monoisotopic (exact) mass is 388 g/mol. The second-order valence-electron chi connectivity index (χ2n) is 6.10. The van der Waals surface area contributed by atoms with Gasteiger partial charge in [0.25, 0.3) is 0 Å². The first kappa shape index (κ1) is 18.6. The van der Waals surface area contributed by atoms with E-state index < -0.39 is 0 Å². The zero-order chi connectivity index (χ0) is 18.4. The SMILES string of the molecule is Cc1nc(CN(CCc2ccc(Cl)cc2)C(=O)CCn2ccnc2)cs1. The minimum Gasteiger partial charge on any atom is -0.337 e. The maximum Gasteiger partial charge on any atom is 0.224 e. The highest BCUT2D eigenvalue weighted by molar-refractivity contribution is 7.09. The quantitative estimate of drug-likeness (QED) is 0.586. The van der Waals surface area contributed by atoms with E-state index in [4.69, 9.17) is 11.6 Å². The third-order valence-electron chi connectivity index (χ3n) is 4.10. The van der Waals surface area contributed by atoms with Gasteiger partial charge in [0.15, 0.2) is 0 Å². The number of imidazole rings is 1. The van der Waals surface area contributed by atoms with Gasteiger partial charge in [-0.1, -0.05) is 23.7 Å². The molecule has 0 fully saturated rings. The van der Waals surface area contributed by atoms with Crippen LogP contribution in [0.1, 0.15) is 22.7 Å². The van der Waals surface area contributed by atoms with Crippen LogP contribution in [-0.4, -0.2) is 31.9 Å². The van der Waals surface area contributed by atoms with Gasteiger partial charge < -0.3 is 9.47 Å². The molecule has 7 heteroatoms. The fourth-order valence-corrected chi connectivity index (χ4v) is 3.42. The van der Waals surface area contributed by atoms with Gasteiger partial charge in [-0.2, -0.15) is 0 Å². The van der Waals surface area contributed by atoms with Gasteiger partial charge in [-0.15, -0.1) is 11.3 Å². The molecule has 0 aliphatic rings. The normalized spacial score (nSPS) is 10.8. The molecule has 0 aliphatic heterocycles. The van der Waals surface area contributed by atoms with Crippen LogP contribution >= 0.6 is 22.9 Å². The van der Waals surface area contributed by atoms with Gasteiger partial charge >= 0.3 is 0 Å². The number of benzene rings is 1. The van der Waals surface area contributed by atoms with E-state index in [1.807, 2.05) is 52.2 Å². The first-order chi connectivity index (χ1) is 12.6. The molecule has 3 aromatic rings. The van der Waals surface area contributed by atoms with E-state index >= 15 is 0 Å². The Kier molecular flexibility index (Phi) is 6.41. The Morgan fingerprint density at radius 3 is 2.77 bits per heavy atom. The summed E-state index contributed by atoms with van der Waals surface area (Å²) in [5.41, 5.74) is 2.11. The van der Waals surface area contributed by atoms with Crippen molar-refractivity contribution in [1.82, 2.24) is 19.4 Å². The number of hydrogen-bond donors (Lipinski definition) is 0. The minimum atomic E-state index is 0.123. The number of amides is 1. The number of aromatic nitrogens is 3. The van der Waals surface area contributed by atoms with Crippen molar-refractivity contribution >= 4 is 28.8 Å². The summed E-state index contributed by atoms with van der Waals surface area (Å²) < 4.78 is 1.92. The highest BCUT2D eigenvalue weighted by Crippen LogP contribution is 2.14. The molecule has 26 heavy (non-hydrogen) atoms. The summed E-state index contributed by atoms with van der Waals surface area (Å²) in [4.78, 5) is 23.2. The standard InChI is InChI=1S/C19H21ClN4OS/c1-15-22-18(13-26-15)12-24(10-6-16-2-4-17(20)5-3-16)19(25)7-9-23-11-8-21-14-23/h2-5,8,11,13-14H,6-7,9-10,12H2,1H3. The molecule has 2 aromatic heterocycles. The number of aryl methyl sites for hydroxylation is 2. The lowest BCUT2D eigenvalue weighted by molar-refractivity contribution is -0.132. The van der Waals surface area contributed by atoms with Gasteiger partial charge in [0.2, 0.25) is 5.91 Å². The van der Waals surface area contributed by atoms with Crippen molar-refractivity contribution < 1.29 is 4.79 Å². The Morgan fingerprint density at radius 2 is 2.12 bits per heavy atom. The van der Waals surface area contributed by atoms with Crippen molar-refractivity contribution in [3.8, 4) is 0 Å². The number of nitrogens with zero attached hydrogens (tertiary/aromatic N) is 4. The maximum atomic E-state index is 12.8. The summed E-state index contributed by atoms with van der Waals surface area (Å²) in [6.07, 6.45) is 6.56. The van der Waals surface area contributed by atoms with Crippen LogP contribution in [0.4, 0.5) is 0 Å². The van der Waals surface area contributed by atoms with Crippen LogP contribution in [0.2, 0.25) is 5.02 Å². The Bertz CT molecular complexity index is 830. The zero-order valence-electron chi connectivity index (χ0n) is 14.6. The predicted octanol–water partition coefficient (Wildman–Crippen LogP) is 3.96. The molecule has 0 aliphatic carbocycles. The molecule has 3 rings (SSSR count). The summed E-state index contributed by atoms with van der Waals surface area (Å²) in [5.74, 6) is 0.123. The zero-order valence-corrected chi connectivity index (χ0v) is 16.2. The summed E-state index contributed by atoms with van der Waals surface area (Å²) in [7, 11) is 0. The van der Waals surface area contributed by atoms with Gasteiger partial charge in [0.1, 0.15) is 0 Å². The Hall–Kier alpha value is -2.18. The topological polar surface area (TPSA) is 51.0 Å². The van der Waals surface area contributed by atoms with Gasteiger partial charge in [-0.3, -0.25) is 4.79 Å². The molecule has 0 radical (unpaired) electrons. The summed E-state index contributed by atoms with van der Waals surface area (Å²) >= 11 is 7.55. The van der Waals surface area contributed by atoms with Crippen molar-refractivity contribution in [2.45, 2.75) is 32.9 Å². The van der Waals surface area contributed by atoms with E-state index in [-0.39, 0.29) is 5.91 Å². The van der Waals surface area contributed by atoms with Crippen LogP contribution in [0.3, 0.4) is 0 Å². The molecule has 0 unspecified atom stereocenters. The molecule has 0 atom stereocenters. The summed E-state index contributed by atoms with van der Waals surface area (Å²) in [5, 5.41) is 3.76. The number of carbonyl (C=O) groups excluding carboxylic acids is 1. The predicted molar refractivity (Wildman–Crippen MR) is 104 cm³/mol. The summed E-state index contributed by atoms with van der Waals surface area (Å²) in [6, 6.07) is 7.77. The third kappa shape index (κ3) is 5.41. The number of carbonyl (C=O) groups is 1. The van der Waals surface area contributed by atoms with Crippen LogP contribution < -0.4 is 0 Å². The number of thiazole rings is 1. The lowest BCUT2D eigenvalue weighted by atomic mass is 10.1. The Labute approximate surface area is 162 Å². The number of hydrogen-bond acceptors (Lipinski definition) is 4. The largest absolute Gasteiger partial charge is 0.337 e.